The van der Waals surface area contributed by atoms with Gasteiger partial charge in [-0.05, 0) is 44.0 Å². The second-order valence-corrected chi connectivity index (χ2v) is 9.72. The van der Waals surface area contributed by atoms with Gasteiger partial charge in [-0.2, -0.15) is 5.10 Å². The third kappa shape index (κ3) is 6.30. The average molecular weight is 489 g/mol. The van der Waals surface area contributed by atoms with Crippen LogP contribution in [0.3, 0.4) is 0 Å². The van der Waals surface area contributed by atoms with Crippen molar-refractivity contribution in [2.45, 2.75) is 39.2 Å². The molecule has 3 heterocycles. The Kier molecular flexibility index (Phi) is 8.11. The molecule has 2 fully saturated rings. The quantitative estimate of drug-likeness (QED) is 0.570. The molecule has 1 aromatic carbocycles. The third-order valence-electron chi connectivity index (χ3n) is 6.71. The molecule has 1 aromatic heterocycles. The van der Waals surface area contributed by atoms with Crippen LogP contribution < -0.4 is 4.74 Å². The number of likely N-dealkylation sites (tertiary alicyclic amines) is 1. The summed E-state index contributed by atoms with van der Waals surface area (Å²) in [4.78, 5) is 30.1. The number of nitrogens with zero attached hydrogens (tertiary/aromatic N) is 4. The molecule has 2 aromatic rings. The van der Waals surface area contributed by atoms with Crippen molar-refractivity contribution in [3.63, 3.8) is 0 Å². The van der Waals surface area contributed by atoms with E-state index < -0.39 is 5.41 Å². The Bertz CT molecular complexity index is 991. The minimum absolute atomic E-state index is 0.0838. The normalized spacial score (nSPS) is 20.9. The van der Waals surface area contributed by atoms with Crippen LogP contribution in [0.1, 0.15) is 31.4 Å². The van der Waals surface area contributed by atoms with E-state index in [1.807, 2.05) is 39.6 Å². The van der Waals surface area contributed by atoms with Crippen LogP contribution >= 0.6 is 11.6 Å². The van der Waals surface area contributed by atoms with Crippen molar-refractivity contribution < 1.29 is 19.1 Å². The van der Waals surface area contributed by atoms with Gasteiger partial charge >= 0.3 is 0 Å². The third-order valence-corrected chi connectivity index (χ3v) is 6.95. The molecule has 0 spiro atoms. The molecule has 4 rings (SSSR count). The molecule has 2 amide bonds. The summed E-state index contributed by atoms with van der Waals surface area (Å²) in [6, 6.07) is 9.21. The molecule has 1 atom stereocenters. The van der Waals surface area contributed by atoms with E-state index in [1.54, 1.807) is 18.3 Å². The minimum Gasteiger partial charge on any atom is -0.493 e. The van der Waals surface area contributed by atoms with Crippen molar-refractivity contribution in [2.24, 2.45) is 5.41 Å². The second kappa shape index (κ2) is 11.2. The molecule has 0 aliphatic carbocycles. The van der Waals surface area contributed by atoms with Gasteiger partial charge in [0.15, 0.2) is 0 Å². The summed E-state index contributed by atoms with van der Waals surface area (Å²) >= 11 is 6.13. The number of hydrogen-bond acceptors (Lipinski definition) is 5. The van der Waals surface area contributed by atoms with E-state index in [0.29, 0.717) is 76.2 Å². The topological polar surface area (TPSA) is 76.9 Å². The van der Waals surface area contributed by atoms with Crippen molar-refractivity contribution in [1.29, 1.82) is 0 Å². The number of aryl methyl sites for hydroxylation is 2. The molecule has 0 radical (unpaired) electrons. The zero-order chi connectivity index (χ0) is 24.0. The van der Waals surface area contributed by atoms with Crippen LogP contribution in [0.5, 0.6) is 5.75 Å². The van der Waals surface area contributed by atoms with Crippen molar-refractivity contribution >= 4 is 23.4 Å². The van der Waals surface area contributed by atoms with E-state index in [0.717, 1.165) is 18.5 Å². The smallest absolute Gasteiger partial charge is 0.224 e. The van der Waals surface area contributed by atoms with E-state index in [9.17, 15) is 9.59 Å². The van der Waals surface area contributed by atoms with E-state index in [4.69, 9.17) is 21.1 Å². The summed E-state index contributed by atoms with van der Waals surface area (Å²) in [7, 11) is 0. The molecule has 0 N–H and O–H groups in total. The van der Waals surface area contributed by atoms with E-state index in [2.05, 4.69) is 5.10 Å². The number of piperidine rings is 1. The van der Waals surface area contributed by atoms with Crippen LogP contribution in [0.2, 0.25) is 5.02 Å². The lowest BCUT2D eigenvalue weighted by Gasteiger charge is -2.43. The number of benzene rings is 1. The molecular formula is C25H33ClN4O4. The maximum atomic E-state index is 13.2. The lowest BCUT2D eigenvalue weighted by atomic mass is 9.77. The molecular weight excluding hydrogens is 456 g/mol. The number of ether oxygens (including phenoxy) is 2. The number of rotatable bonds is 8. The Hall–Kier alpha value is -2.58. The number of hydrogen-bond donors (Lipinski definition) is 0. The Balaban J connectivity index is 1.45. The first-order valence-electron chi connectivity index (χ1n) is 11.9. The summed E-state index contributed by atoms with van der Waals surface area (Å²) in [5.41, 5.74) is 0.583. The first-order chi connectivity index (χ1) is 16.4. The molecule has 9 heteroatoms. The zero-order valence-electron chi connectivity index (χ0n) is 19.7. The lowest BCUT2D eigenvalue weighted by molar-refractivity contribution is -0.144. The van der Waals surface area contributed by atoms with Crippen LogP contribution in [-0.4, -0.2) is 77.4 Å². The SMILES string of the molecule is Cc1ccnn1CCC(=O)N1CCC[C@](COc2cccc(Cl)c2)(CC(=O)N2CCOCC2)C1. The van der Waals surface area contributed by atoms with Crippen LogP contribution in [-0.2, 0) is 20.9 Å². The van der Waals surface area contributed by atoms with Gasteiger partial charge in [0.1, 0.15) is 5.75 Å². The Morgan fingerprint density at radius 2 is 1.97 bits per heavy atom. The van der Waals surface area contributed by atoms with E-state index >= 15 is 0 Å². The highest BCUT2D eigenvalue weighted by Gasteiger charge is 2.41. The van der Waals surface area contributed by atoms with Gasteiger partial charge in [-0.15, -0.1) is 0 Å². The van der Waals surface area contributed by atoms with E-state index in [-0.39, 0.29) is 11.8 Å². The largest absolute Gasteiger partial charge is 0.493 e. The van der Waals surface area contributed by atoms with Crippen molar-refractivity contribution in [2.75, 3.05) is 46.0 Å². The summed E-state index contributed by atoms with van der Waals surface area (Å²) in [6.07, 6.45) is 4.13. The number of halogens is 1. The number of aromatic nitrogens is 2. The standard InChI is InChI=1S/C25H33ClN4O4/c1-20-6-9-27-30(20)11-7-23(31)29-10-3-8-25(18-29,17-24(32)28-12-14-33-15-13-28)19-34-22-5-2-4-21(26)16-22/h2,4-6,9,16H,3,7-8,10-15,17-19H2,1H3/t25-/m0/s1. The van der Waals surface area contributed by atoms with E-state index in [1.165, 1.54) is 0 Å². The van der Waals surface area contributed by atoms with Crippen LogP contribution in [0.15, 0.2) is 36.5 Å². The molecule has 34 heavy (non-hydrogen) atoms. The number of morpholine rings is 1. The molecule has 0 unspecified atom stereocenters. The molecule has 2 aliphatic rings. The van der Waals surface area contributed by atoms with Crippen molar-refractivity contribution in [3.05, 3.63) is 47.2 Å². The average Bonchev–Trinajstić information content (AvgIpc) is 3.26. The van der Waals surface area contributed by atoms with Crippen LogP contribution in [0, 0.1) is 12.3 Å². The summed E-state index contributed by atoms with van der Waals surface area (Å²) in [5, 5.41) is 4.88. The maximum Gasteiger partial charge on any atom is 0.224 e. The van der Waals surface area contributed by atoms with Gasteiger partial charge in [0.2, 0.25) is 11.8 Å². The second-order valence-electron chi connectivity index (χ2n) is 9.28. The fourth-order valence-electron chi connectivity index (χ4n) is 4.77. The Morgan fingerprint density at radius 1 is 1.15 bits per heavy atom. The summed E-state index contributed by atoms with van der Waals surface area (Å²) in [6.45, 7) is 6.42. The highest BCUT2D eigenvalue weighted by molar-refractivity contribution is 6.30. The zero-order valence-corrected chi connectivity index (χ0v) is 20.5. The van der Waals surface area contributed by atoms with Gasteiger partial charge in [-0.1, -0.05) is 17.7 Å². The monoisotopic (exact) mass is 488 g/mol. The van der Waals surface area contributed by atoms with Crippen molar-refractivity contribution in [1.82, 2.24) is 19.6 Å². The number of carbonyl (C=O) groups is 2. The number of carbonyl (C=O) groups excluding carboxylic acids is 2. The van der Waals surface area contributed by atoms with Crippen molar-refractivity contribution in [3.8, 4) is 5.75 Å². The molecule has 184 valence electrons. The van der Waals surface area contributed by atoms with Gasteiger partial charge in [0.05, 0.1) is 19.8 Å². The van der Waals surface area contributed by atoms with Gasteiger partial charge < -0.3 is 19.3 Å². The highest BCUT2D eigenvalue weighted by atomic mass is 35.5. The molecule has 0 saturated carbocycles. The van der Waals surface area contributed by atoms with Gasteiger partial charge in [0.25, 0.3) is 0 Å². The fraction of sp³-hybridized carbons (Fsp3) is 0.560. The van der Waals surface area contributed by atoms with Crippen LogP contribution in [0.25, 0.3) is 0 Å². The molecule has 2 aliphatic heterocycles. The summed E-state index contributed by atoms with van der Waals surface area (Å²) in [5.74, 6) is 0.850. The molecule has 2 saturated heterocycles. The molecule has 8 nitrogen and oxygen atoms in total. The minimum atomic E-state index is -0.451. The fourth-order valence-corrected chi connectivity index (χ4v) is 4.95. The highest BCUT2D eigenvalue weighted by Crippen LogP contribution is 2.36. The van der Waals surface area contributed by atoms with Gasteiger partial charge in [0, 0.05) is 67.9 Å². The Labute approximate surface area is 205 Å². The van der Waals surface area contributed by atoms with Gasteiger partial charge in [-0.25, -0.2) is 0 Å². The Morgan fingerprint density at radius 3 is 2.71 bits per heavy atom. The molecule has 0 bridgehead atoms. The first kappa shape index (κ1) is 24.5. The number of amides is 2. The predicted octanol–water partition coefficient (Wildman–Crippen LogP) is 3.17. The maximum absolute atomic E-state index is 13.2. The predicted molar refractivity (Wildman–Crippen MR) is 129 cm³/mol. The lowest BCUT2D eigenvalue weighted by Crippen LogP contribution is -2.52. The summed E-state index contributed by atoms with van der Waals surface area (Å²) < 4.78 is 13.4. The van der Waals surface area contributed by atoms with Crippen LogP contribution in [0.4, 0.5) is 0 Å². The first-order valence-corrected chi connectivity index (χ1v) is 12.3. The van der Waals surface area contributed by atoms with Gasteiger partial charge in [-0.3, -0.25) is 14.3 Å².